The van der Waals surface area contributed by atoms with Gasteiger partial charge in [-0.15, -0.1) is 0 Å². The third kappa shape index (κ3) is 5.14. The number of alkyl halides is 3. The van der Waals surface area contributed by atoms with Crippen LogP contribution in [0.1, 0.15) is 38.2 Å². The number of hydrogen-bond donors (Lipinski definition) is 2. The number of ether oxygens (including phenoxy) is 1. The van der Waals surface area contributed by atoms with Gasteiger partial charge < -0.3 is 10.1 Å². The Morgan fingerprint density at radius 2 is 1.75 bits per heavy atom. The molecule has 2 N–H and O–H groups in total. The summed E-state index contributed by atoms with van der Waals surface area (Å²) in [6.07, 6.45) is -1.58. The fourth-order valence-electron chi connectivity index (χ4n) is 2.49. The summed E-state index contributed by atoms with van der Waals surface area (Å²) >= 11 is 0. The van der Waals surface area contributed by atoms with Crippen molar-refractivity contribution in [3.63, 3.8) is 0 Å². The number of hydrogen-bond acceptors (Lipinski definition) is 3. The maximum absolute atomic E-state index is 12.5. The summed E-state index contributed by atoms with van der Waals surface area (Å²) < 4.78 is 42.7. The number of halogens is 3. The van der Waals surface area contributed by atoms with Crippen LogP contribution in [0.15, 0.2) is 24.3 Å². The second-order valence-corrected chi connectivity index (χ2v) is 5.73. The first-order valence-corrected chi connectivity index (χ1v) is 7.71. The minimum absolute atomic E-state index is 0.0731. The summed E-state index contributed by atoms with van der Waals surface area (Å²) in [6, 6.07) is 3.48. The molecule has 1 aliphatic rings. The highest BCUT2D eigenvalue weighted by Crippen LogP contribution is 2.30. The minimum atomic E-state index is -4.43. The predicted molar refractivity (Wildman–Crippen MR) is 80.5 cm³/mol. The Labute approximate surface area is 137 Å². The summed E-state index contributed by atoms with van der Waals surface area (Å²) in [5.74, 6) is -0.549. The van der Waals surface area contributed by atoms with Crippen LogP contribution in [0.2, 0.25) is 0 Å². The van der Waals surface area contributed by atoms with Gasteiger partial charge in [0, 0.05) is 6.04 Å². The van der Waals surface area contributed by atoms with Gasteiger partial charge in [-0.25, -0.2) is 4.79 Å². The predicted octanol–water partition coefficient (Wildman–Crippen LogP) is 3.24. The van der Waals surface area contributed by atoms with Gasteiger partial charge in [0.1, 0.15) is 5.75 Å². The van der Waals surface area contributed by atoms with E-state index in [0.29, 0.717) is 0 Å². The van der Waals surface area contributed by atoms with E-state index in [1.165, 1.54) is 6.92 Å². The first kappa shape index (κ1) is 18.1. The molecule has 0 aromatic heterocycles. The van der Waals surface area contributed by atoms with E-state index in [2.05, 4.69) is 10.6 Å². The third-order valence-corrected chi connectivity index (χ3v) is 3.79. The van der Waals surface area contributed by atoms with Gasteiger partial charge in [-0.3, -0.25) is 10.1 Å². The van der Waals surface area contributed by atoms with E-state index < -0.39 is 29.8 Å². The summed E-state index contributed by atoms with van der Waals surface area (Å²) in [5, 5.41) is 4.87. The molecule has 1 aromatic rings. The molecular formula is C16H19F3N2O3. The number of imide groups is 1. The molecule has 24 heavy (non-hydrogen) atoms. The average Bonchev–Trinajstić information content (AvgIpc) is 2.99. The first-order valence-electron chi connectivity index (χ1n) is 7.71. The van der Waals surface area contributed by atoms with Crippen molar-refractivity contribution >= 4 is 11.9 Å². The van der Waals surface area contributed by atoms with Crippen molar-refractivity contribution in [2.75, 3.05) is 0 Å². The molecule has 5 nitrogen and oxygen atoms in total. The molecule has 2 rings (SSSR count). The maximum atomic E-state index is 12.5. The van der Waals surface area contributed by atoms with Gasteiger partial charge in [0.05, 0.1) is 5.56 Å². The van der Waals surface area contributed by atoms with Crippen molar-refractivity contribution < 1.29 is 27.5 Å². The lowest BCUT2D eigenvalue weighted by Crippen LogP contribution is -2.47. The summed E-state index contributed by atoms with van der Waals surface area (Å²) in [4.78, 5) is 23.6. The molecule has 0 heterocycles. The van der Waals surface area contributed by atoms with Gasteiger partial charge in [-0.1, -0.05) is 12.8 Å². The number of urea groups is 1. The minimum Gasteiger partial charge on any atom is -0.481 e. The standard InChI is InChI=1S/C16H19F3N2O3/c1-10(14(22)21-15(23)20-12-4-2-3-5-12)24-13-8-6-11(7-9-13)16(17,18)19/h6-10,12H,2-5H2,1H3,(H2,20,21,22,23)/t10-/m1/s1. The van der Waals surface area contributed by atoms with Crippen LogP contribution in [0.4, 0.5) is 18.0 Å². The Hall–Kier alpha value is -2.25. The summed E-state index contributed by atoms with van der Waals surface area (Å²) in [7, 11) is 0. The molecule has 1 fully saturated rings. The Balaban J connectivity index is 1.83. The smallest absolute Gasteiger partial charge is 0.416 e. The molecule has 132 valence electrons. The van der Waals surface area contributed by atoms with Crippen LogP contribution in [-0.2, 0) is 11.0 Å². The first-order chi connectivity index (χ1) is 11.3. The van der Waals surface area contributed by atoms with Crippen molar-refractivity contribution in [1.82, 2.24) is 10.6 Å². The van der Waals surface area contributed by atoms with Crippen molar-refractivity contribution in [2.45, 2.75) is 50.9 Å². The fraction of sp³-hybridized carbons (Fsp3) is 0.500. The van der Waals surface area contributed by atoms with Crippen LogP contribution in [-0.4, -0.2) is 24.1 Å². The van der Waals surface area contributed by atoms with Gasteiger partial charge in [-0.05, 0) is 44.0 Å². The molecule has 0 saturated heterocycles. The molecule has 1 aromatic carbocycles. The van der Waals surface area contributed by atoms with E-state index in [4.69, 9.17) is 4.74 Å². The third-order valence-electron chi connectivity index (χ3n) is 3.79. The lowest BCUT2D eigenvalue weighted by Gasteiger charge is -2.16. The zero-order chi connectivity index (χ0) is 17.7. The van der Waals surface area contributed by atoms with Crippen molar-refractivity contribution in [2.24, 2.45) is 0 Å². The summed E-state index contributed by atoms with van der Waals surface area (Å²) in [5.41, 5.74) is -0.803. The van der Waals surface area contributed by atoms with E-state index in [9.17, 15) is 22.8 Å². The number of carbonyl (C=O) groups is 2. The highest BCUT2D eigenvalue weighted by atomic mass is 19.4. The van der Waals surface area contributed by atoms with Crippen LogP contribution in [0, 0.1) is 0 Å². The SMILES string of the molecule is C[C@@H](Oc1ccc(C(F)(F)F)cc1)C(=O)NC(=O)NC1CCCC1. The van der Waals surface area contributed by atoms with Gasteiger partial charge in [0.25, 0.3) is 5.91 Å². The highest BCUT2D eigenvalue weighted by molar-refractivity contribution is 5.96. The maximum Gasteiger partial charge on any atom is 0.416 e. The number of benzene rings is 1. The Morgan fingerprint density at radius 1 is 1.17 bits per heavy atom. The van der Waals surface area contributed by atoms with E-state index in [0.717, 1.165) is 49.9 Å². The molecule has 0 spiro atoms. The largest absolute Gasteiger partial charge is 0.481 e. The van der Waals surface area contributed by atoms with E-state index in [1.54, 1.807) is 0 Å². The van der Waals surface area contributed by atoms with Crippen LogP contribution in [0.25, 0.3) is 0 Å². The lowest BCUT2D eigenvalue weighted by molar-refractivity contribution is -0.137. The van der Waals surface area contributed by atoms with Crippen molar-refractivity contribution in [3.05, 3.63) is 29.8 Å². The molecular weight excluding hydrogens is 325 g/mol. The van der Waals surface area contributed by atoms with Gasteiger partial charge in [0.2, 0.25) is 0 Å². The number of nitrogens with one attached hydrogen (secondary N) is 2. The quantitative estimate of drug-likeness (QED) is 0.881. The second-order valence-electron chi connectivity index (χ2n) is 5.73. The van der Waals surface area contributed by atoms with E-state index >= 15 is 0 Å². The summed E-state index contributed by atoms with van der Waals surface area (Å²) in [6.45, 7) is 1.41. The van der Waals surface area contributed by atoms with E-state index in [-0.39, 0.29) is 11.8 Å². The van der Waals surface area contributed by atoms with Crippen LogP contribution in [0.3, 0.4) is 0 Å². The van der Waals surface area contributed by atoms with E-state index in [1.807, 2.05) is 0 Å². The normalized spacial score (nSPS) is 16.5. The molecule has 8 heteroatoms. The van der Waals surface area contributed by atoms with Gasteiger partial charge in [-0.2, -0.15) is 13.2 Å². The fourth-order valence-corrected chi connectivity index (χ4v) is 2.49. The second kappa shape index (κ2) is 7.55. The monoisotopic (exact) mass is 344 g/mol. The number of carbonyl (C=O) groups excluding carboxylic acids is 2. The topological polar surface area (TPSA) is 67.4 Å². The Morgan fingerprint density at radius 3 is 2.29 bits per heavy atom. The van der Waals surface area contributed by atoms with Crippen LogP contribution < -0.4 is 15.4 Å². The van der Waals surface area contributed by atoms with Crippen LogP contribution >= 0.6 is 0 Å². The highest BCUT2D eigenvalue weighted by Gasteiger charge is 2.30. The molecule has 0 radical (unpaired) electrons. The van der Waals surface area contributed by atoms with Gasteiger partial charge >= 0.3 is 12.2 Å². The molecule has 1 saturated carbocycles. The molecule has 3 amide bonds. The molecule has 0 bridgehead atoms. The van der Waals surface area contributed by atoms with Gasteiger partial charge in [0.15, 0.2) is 6.10 Å². The number of rotatable bonds is 4. The Kier molecular flexibility index (Phi) is 5.69. The molecule has 1 aliphatic carbocycles. The number of amides is 3. The zero-order valence-corrected chi connectivity index (χ0v) is 13.2. The lowest BCUT2D eigenvalue weighted by atomic mass is 10.2. The van der Waals surface area contributed by atoms with Crippen LogP contribution in [0.5, 0.6) is 5.75 Å². The molecule has 1 atom stereocenters. The van der Waals surface area contributed by atoms with Crippen molar-refractivity contribution in [3.8, 4) is 5.75 Å². The van der Waals surface area contributed by atoms with Crippen molar-refractivity contribution in [1.29, 1.82) is 0 Å². The average molecular weight is 344 g/mol. The molecule has 0 aliphatic heterocycles. The zero-order valence-electron chi connectivity index (χ0n) is 13.2. The Bertz CT molecular complexity index is 581. The molecule has 0 unspecified atom stereocenters.